The number of fused-ring (bicyclic) bond motifs is 1. The lowest BCUT2D eigenvalue weighted by atomic mass is 9.87. The molecule has 0 saturated heterocycles. The number of aryl methyl sites for hydroxylation is 1. The lowest BCUT2D eigenvalue weighted by Crippen LogP contribution is -2.31. The van der Waals surface area contributed by atoms with E-state index in [1.165, 1.54) is 18.7 Å². The van der Waals surface area contributed by atoms with Gasteiger partial charge in [-0.25, -0.2) is 8.42 Å². The summed E-state index contributed by atoms with van der Waals surface area (Å²) >= 11 is 6.25. The topological polar surface area (TPSA) is 66.5 Å². The van der Waals surface area contributed by atoms with Gasteiger partial charge in [0.25, 0.3) is 5.91 Å². The van der Waals surface area contributed by atoms with Gasteiger partial charge in [0, 0.05) is 7.05 Å². The fraction of sp³-hybridized carbons (Fsp3) is 0.316. The van der Waals surface area contributed by atoms with Crippen LogP contribution in [0.4, 0.5) is 5.69 Å². The Bertz CT molecular complexity index is 944. The van der Waals surface area contributed by atoms with Gasteiger partial charge in [0.1, 0.15) is 0 Å². The van der Waals surface area contributed by atoms with Gasteiger partial charge < -0.3 is 5.32 Å². The maximum atomic E-state index is 12.7. The third-order valence-corrected chi connectivity index (χ3v) is 6.25. The Morgan fingerprint density at radius 1 is 1.23 bits per heavy atom. The van der Waals surface area contributed by atoms with E-state index in [2.05, 4.69) is 11.4 Å². The number of hydrogen-bond acceptors (Lipinski definition) is 3. The van der Waals surface area contributed by atoms with Gasteiger partial charge in [-0.15, -0.1) is 0 Å². The van der Waals surface area contributed by atoms with Crippen molar-refractivity contribution in [1.29, 1.82) is 0 Å². The number of rotatable bonds is 4. The molecule has 2 aromatic rings. The van der Waals surface area contributed by atoms with Crippen LogP contribution in [0.15, 0.2) is 42.5 Å². The molecule has 5 nitrogen and oxygen atoms in total. The SMILES string of the molecule is CN(c1ccc(C(=O)NC2CCCc3ccccc32)c(Cl)c1)S(C)(=O)=O. The molecule has 1 atom stereocenters. The first kappa shape index (κ1) is 18.7. The summed E-state index contributed by atoms with van der Waals surface area (Å²) in [6.45, 7) is 0. The van der Waals surface area contributed by atoms with Gasteiger partial charge in [-0.1, -0.05) is 35.9 Å². The van der Waals surface area contributed by atoms with Crippen molar-refractivity contribution in [2.24, 2.45) is 0 Å². The maximum absolute atomic E-state index is 12.7. The van der Waals surface area contributed by atoms with Crippen LogP contribution >= 0.6 is 11.6 Å². The molecule has 1 N–H and O–H groups in total. The molecule has 0 spiro atoms. The molecule has 1 aliphatic rings. The van der Waals surface area contributed by atoms with E-state index in [1.54, 1.807) is 12.1 Å². The number of nitrogens with zero attached hydrogens (tertiary/aromatic N) is 1. The Morgan fingerprint density at radius 2 is 1.96 bits per heavy atom. The number of carbonyl (C=O) groups is 1. The summed E-state index contributed by atoms with van der Waals surface area (Å²) in [6, 6.07) is 12.7. The van der Waals surface area contributed by atoms with Gasteiger partial charge >= 0.3 is 0 Å². The molecule has 0 fully saturated rings. The predicted octanol–water partition coefficient (Wildman–Crippen LogP) is 3.54. The van der Waals surface area contributed by atoms with Gasteiger partial charge in [0.15, 0.2) is 0 Å². The Morgan fingerprint density at radius 3 is 2.65 bits per heavy atom. The summed E-state index contributed by atoms with van der Waals surface area (Å²) in [4.78, 5) is 12.7. The number of carbonyl (C=O) groups excluding carboxylic acids is 1. The van der Waals surface area contributed by atoms with E-state index < -0.39 is 10.0 Å². The number of hydrogen-bond donors (Lipinski definition) is 1. The Balaban J connectivity index is 1.81. The lowest BCUT2D eigenvalue weighted by molar-refractivity contribution is 0.0933. The summed E-state index contributed by atoms with van der Waals surface area (Å²) in [5, 5.41) is 3.28. The molecular weight excluding hydrogens is 372 g/mol. The average molecular weight is 393 g/mol. The molecule has 0 aromatic heterocycles. The van der Waals surface area contributed by atoms with Crippen molar-refractivity contribution < 1.29 is 13.2 Å². The fourth-order valence-electron chi connectivity index (χ4n) is 3.22. The molecule has 7 heteroatoms. The standard InChI is InChI=1S/C19H21ClN2O3S/c1-22(26(2,24)25)14-10-11-16(17(20)12-14)19(23)21-18-9-5-7-13-6-3-4-8-15(13)18/h3-4,6,8,10-12,18H,5,7,9H2,1-2H3,(H,21,23). The van der Waals surface area contributed by atoms with Crippen LogP contribution in [0.3, 0.4) is 0 Å². The Labute approximate surface area is 159 Å². The molecule has 0 heterocycles. The van der Waals surface area contributed by atoms with Crippen LogP contribution in [-0.2, 0) is 16.4 Å². The van der Waals surface area contributed by atoms with Crippen molar-refractivity contribution >= 4 is 33.2 Å². The van der Waals surface area contributed by atoms with Crippen LogP contribution in [0.2, 0.25) is 5.02 Å². The molecule has 0 aliphatic heterocycles. The summed E-state index contributed by atoms with van der Waals surface area (Å²) in [5.74, 6) is -0.259. The molecule has 26 heavy (non-hydrogen) atoms. The molecule has 2 aromatic carbocycles. The summed E-state index contributed by atoms with van der Waals surface area (Å²) < 4.78 is 24.4. The van der Waals surface area contributed by atoms with E-state index in [0.717, 1.165) is 35.4 Å². The highest BCUT2D eigenvalue weighted by molar-refractivity contribution is 7.92. The van der Waals surface area contributed by atoms with Gasteiger partial charge in [-0.2, -0.15) is 0 Å². The maximum Gasteiger partial charge on any atom is 0.253 e. The van der Waals surface area contributed by atoms with Crippen molar-refractivity contribution in [3.63, 3.8) is 0 Å². The zero-order valence-corrected chi connectivity index (χ0v) is 16.3. The monoisotopic (exact) mass is 392 g/mol. The van der Waals surface area contributed by atoms with Crippen molar-refractivity contribution in [3.05, 3.63) is 64.2 Å². The van der Waals surface area contributed by atoms with Crippen LogP contribution in [0.1, 0.15) is 40.4 Å². The number of sulfonamides is 1. The van der Waals surface area contributed by atoms with Gasteiger partial charge in [-0.05, 0) is 48.6 Å². The fourth-order valence-corrected chi connectivity index (χ4v) is 3.97. The molecule has 1 amide bonds. The van der Waals surface area contributed by atoms with E-state index in [-0.39, 0.29) is 17.0 Å². The Kier molecular flexibility index (Phi) is 5.25. The third-order valence-electron chi connectivity index (χ3n) is 4.73. The largest absolute Gasteiger partial charge is 0.345 e. The van der Waals surface area contributed by atoms with Crippen molar-refractivity contribution in [1.82, 2.24) is 5.32 Å². The number of halogens is 1. The Hall–Kier alpha value is -2.05. The summed E-state index contributed by atoms with van der Waals surface area (Å²) in [6.07, 6.45) is 4.04. The summed E-state index contributed by atoms with van der Waals surface area (Å²) in [5.41, 5.74) is 3.16. The minimum absolute atomic E-state index is 0.0399. The zero-order chi connectivity index (χ0) is 18.9. The van der Waals surface area contributed by atoms with Crippen LogP contribution in [0, 0.1) is 0 Å². The van der Waals surface area contributed by atoms with Gasteiger partial charge in [-0.3, -0.25) is 9.10 Å². The second-order valence-electron chi connectivity index (χ2n) is 6.51. The van der Waals surface area contributed by atoms with E-state index >= 15 is 0 Å². The minimum atomic E-state index is -3.39. The normalized spacial score (nSPS) is 16.7. The number of nitrogens with one attached hydrogen (secondary N) is 1. The first-order chi connectivity index (χ1) is 12.3. The van der Waals surface area contributed by atoms with Gasteiger partial charge in [0.2, 0.25) is 10.0 Å². The third kappa shape index (κ3) is 3.86. The van der Waals surface area contributed by atoms with E-state index in [4.69, 9.17) is 11.6 Å². The molecule has 0 saturated carbocycles. The minimum Gasteiger partial charge on any atom is -0.345 e. The number of anilines is 1. The molecule has 0 radical (unpaired) electrons. The van der Waals surface area contributed by atoms with Crippen molar-refractivity contribution in [2.75, 3.05) is 17.6 Å². The highest BCUT2D eigenvalue weighted by atomic mass is 35.5. The molecule has 1 aliphatic carbocycles. The summed E-state index contributed by atoms with van der Waals surface area (Å²) in [7, 11) is -1.94. The highest BCUT2D eigenvalue weighted by Crippen LogP contribution is 2.30. The molecule has 1 unspecified atom stereocenters. The number of amides is 1. The van der Waals surface area contributed by atoms with Crippen LogP contribution < -0.4 is 9.62 Å². The van der Waals surface area contributed by atoms with Crippen LogP contribution in [-0.4, -0.2) is 27.6 Å². The van der Waals surface area contributed by atoms with E-state index in [0.29, 0.717) is 11.3 Å². The van der Waals surface area contributed by atoms with Gasteiger partial charge in [0.05, 0.1) is 28.6 Å². The second-order valence-corrected chi connectivity index (χ2v) is 8.93. The first-order valence-corrected chi connectivity index (χ1v) is 10.6. The van der Waals surface area contributed by atoms with E-state index in [1.807, 2.05) is 18.2 Å². The molecule has 138 valence electrons. The quantitative estimate of drug-likeness (QED) is 0.865. The zero-order valence-electron chi connectivity index (χ0n) is 14.7. The van der Waals surface area contributed by atoms with E-state index in [9.17, 15) is 13.2 Å². The number of benzene rings is 2. The van der Waals surface area contributed by atoms with Crippen molar-refractivity contribution in [2.45, 2.75) is 25.3 Å². The van der Waals surface area contributed by atoms with Crippen LogP contribution in [0.25, 0.3) is 0 Å². The predicted molar refractivity (Wildman–Crippen MR) is 104 cm³/mol. The smallest absolute Gasteiger partial charge is 0.253 e. The van der Waals surface area contributed by atoms with Crippen molar-refractivity contribution in [3.8, 4) is 0 Å². The molecular formula is C19H21ClN2O3S. The molecule has 3 rings (SSSR count). The molecule has 0 bridgehead atoms. The average Bonchev–Trinajstić information content (AvgIpc) is 2.60. The lowest BCUT2D eigenvalue weighted by Gasteiger charge is -2.26. The second kappa shape index (κ2) is 7.29. The highest BCUT2D eigenvalue weighted by Gasteiger charge is 2.23. The van der Waals surface area contributed by atoms with Crippen LogP contribution in [0.5, 0.6) is 0 Å². The first-order valence-electron chi connectivity index (χ1n) is 8.39.